The normalized spacial score (nSPS) is 28.2. The van der Waals surface area contributed by atoms with Gasteiger partial charge in [0, 0.05) is 12.8 Å². The molecule has 0 aromatic rings. The third-order valence-electron chi connectivity index (χ3n) is 1.49. The average molecular weight is 119 g/mol. The first-order valence-corrected chi connectivity index (χ1v) is 2.87. The van der Waals surface area contributed by atoms with Crippen molar-refractivity contribution in [2.45, 2.75) is 18.9 Å². The Labute approximate surface area is 47.7 Å². The summed E-state index contributed by atoms with van der Waals surface area (Å²) in [6.45, 7) is 0.983. The van der Waals surface area contributed by atoms with Crippen LogP contribution in [0.1, 0.15) is 12.8 Å². The minimum atomic E-state index is -0.664. The van der Waals surface area contributed by atoms with Gasteiger partial charge in [0.25, 0.3) is 0 Å². The maximum Gasteiger partial charge on any atom is 0.362 e. The van der Waals surface area contributed by atoms with Crippen LogP contribution in [0.3, 0.4) is 0 Å². The van der Waals surface area contributed by atoms with Crippen molar-refractivity contribution in [3.63, 3.8) is 0 Å². The number of rotatable bonds is 1. The van der Waals surface area contributed by atoms with E-state index in [0.717, 1.165) is 19.4 Å². The van der Waals surface area contributed by atoms with Crippen LogP contribution < -0.4 is 5.32 Å². The molecular weight excluding hydrogens is 109 g/mol. The SMILES string of the molecule is O=[13C](O)[13C@@H]1CCC[15NH2+]1. The monoisotopic (exact) mass is 119 g/mol. The minimum Gasteiger partial charge on any atom is -0.477 e. The number of carboxylic acids is 1. The molecule has 1 atom stereocenters. The highest BCUT2D eigenvalue weighted by molar-refractivity contribution is 5.71. The van der Waals surface area contributed by atoms with Gasteiger partial charge in [0.15, 0.2) is 6.04 Å². The van der Waals surface area contributed by atoms with Gasteiger partial charge in [0.2, 0.25) is 0 Å². The van der Waals surface area contributed by atoms with E-state index in [9.17, 15) is 4.79 Å². The van der Waals surface area contributed by atoms with Gasteiger partial charge in [-0.2, -0.15) is 0 Å². The van der Waals surface area contributed by atoms with E-state index in [1.807, 2.05) is 5.32 Å². The van der Waals surface area contributed by atoms with Gasteiger partial charge < -0.3 is 10.4 Å². The van der Waals surface area contributed by atoms with Crippen molar-refractivity contribution >= 4 is 5.97 Å². The summed E-state index contributed by atoms with van der Waals surface area (Å²) < 4.78 is 0. The Morgan fingerprint density at radius 1 is 1.75 bits per heavy atom. The zero-order valence-electron chi connectivity index (χ0n) is 4.63. The molecule has 3 N–H and O–H groups in total. The Balaban J connectivity index is 2.35. The smallest absolute Gasteiger partial charge is 0.362 e. The highest BCUT2D eigenvalue weighted by Gasteiger charge is 2.24. The number of carboxylic acid groups (broad SMARTS) is 1. The minimum absolute atomic E-state index is 0.144. The maximum absolute atomic E-state index is 10.2. The molecule has 0 unspecified atom stereocenters. The highest BCUT2D eigenvalue weighted by Crippen LogP contribution is 1.95. The van der Waals surface area contributed by atoms with Gasteiger partial charge in [-0.25, -0.2) is 4.79 Å². The lowest BCUT2D eigenvalue weighted by atomic mass is 10.4. The molecule has 0 spiro atoms. The van der Waals surface area contributed by atoms with Gasteiger partial charge in [-0.3, -0.25) is 0 Å². The van der Waals surface area contributed by atoms with Gasteiger partial charge in [0.05, 0.1) is 6.54 Å². The fraction of sp³-hybridized carbons (Fsp3) is 0.800. The lowest BCUT2D eigenvalue weighted by Gasteiger charge is -1.96. The molecule has 0 bridgehead atoms. The molecule has 1 fully saturated rings. The Bertz CT molecular complexity index is 96.6. The van der Waals surface area contributed by atoms with E-state index in [-0.39, 0.29) is 6.04 Å². The predicted octanol–water partition coefficient (Wildman–Crippen LogP) is -1.20. The number of hydrogen-bond donors (Lipinski definition) is 2. The first-order chi connectivity index (χ1) is 3.80. The molecule has 0 saturated carbocycles. The zero-order chi connectivity index (χ0) is 5.98. The zero-order valence-corrected chi connectivity index (χ0v) is 4.63. The second-order valence-electron chi connectivity index (χ2n) is 2.11. The second kappa shape index (κ2) is 2.13. The van der Waals surface area contributed by atoms with Crippen LogP contribution in [0, 0.1) is 0 Å². The molecule has 0 aromatic heterocycles. The van der Waals surface area contributed by atoms with Crippen LogP contribution in [0.5, 0.6) is 0 Å². The molecule has 1 heterocycles. The first kappa shape index (κ1) is 5.56. The lowest BCUT2D eigenvalue weighted by Crippen LogP contribution is -2.88. The third kappa shape index (κ3) is 0.980. The summed E-state index contributed by atoms with van der Waals surface area (Å²) in [6.07, 6.45) is 1.90. The number of carbonyl (C=O) groups is 1. The molecule has 0 aromatic carbocycles. The van der Waals surface area contributed by atoms with E-state index in [4.69, 9.17) is 5.11 Å². The lowest BCUT2D eigenvalue weighted by molar-refractivity contribution is -0.658. The van der Waals surface area contributed by atoms with Crippen molar-refractivity contribution in [1.29, 1.82) is 0 Å². The highest BCUT2D eigenvalue weighted by atomic mass is 16.5. The van der Waals surface area contributed by atoms with Gasteiger partial charge in [-0.05, 0) is 0 Å². The number of aliphatic carboxylic acids is 1. The standard InChI is InChI=1S/C5H9NO2/c7-5(8)4-2-1-3-6-4/h4,6H,1-3H2,(H,7,8)/p+1/t4-/m0/s1/i4+1,5+1,6+1. The van der Waals surface area contributed by atoms with Crippen molar-refractivity contribution in [2.75, 3.05) is 6.54 Å². The van der Waals surface area contributed by atoms with Crippen LogP contribution in [0.4, 0.5) is 0 Å². The second-order valence-corrected chi connectivity index (χ2v) is 2.11. The summed E-state index contributed by atoms with van der Waals surface area (Å²) in [7, 11) is 0. The van der Waals surface area contributed by atoms with Crippen molar-refractivity contribution in [2.24, 2.45) is 0 Å². The van der Waals surface area contributed by atoms with E-state index in [1.165, 1.54) is 0 Å². The van der Waals surface area contributed by atoms with Crippen molar-refractivity contribution in [3.05, 3.63) is 0 Å². The Morgan fingerprint density at radius 2 is 2.50 bits per heavy atom. The molecular formula is C5H10NO2+. The Hall–Kier alpha value is -0.570. The summed E-state index contributed by atoms with van der Waals surface area (Å²) in [4.78, 5) is 10.2. The molecule has 1 aliphatic heterocycles. The summed E-state index contributed by atoms with van der Waals surface area (Å²) in [6, 6.07) is -0.144. The summed E-state index contributed by atoms with van der Waals surface area (Å²) in [5.41, 5.74) is 0. The topological polar surface area (TPSA) is 53.9 Å². The molecule has 0 amide bonds. The van der Waals surface area contributed by atoms with Crippen LogP contribution in [-0.2, 0) is 4.79 Å². The molecule has 1 saturated heterocycles. The third-order valence-corrected chi connectivity index (χ3v) is 1.49. The summed E-state index contributed by atoms with van der Waals surface area (Å²) >= 11 is 0. The van der Waals surface area contributed by atoms with Crippen LogP contribution in [0.15, 0.2) is 0 Å². The van der Waals surface area contributed by atoms with Crippen LogP contribution in [0.25, 0.3) is 0 Å². The number of quaternary nitrogens is 1. The van der Waals surface area contributed by atoms with Gasteiger partial charge >= 0.3 is 5.97 Å². The van der Waals surface area contributed by atoms with E-state index in [1.54, 1.807) is 0 Å². The number of hydrogen-bond acceptors (Lipinski definition) is 1. The van der Waals surface area contributed by atoms with Crippen LogP contribution in [0.2, 0.25) is 0 Å². The summed E-state index contributed by atoms with van der Waals surface area (Å²) in [5, 5.41) is 10.3. The van der Waals surface area contributed by atoms with Crippen LogP contribution >= 0.6 is 0 Å². The molecule has 1 rings (SSSR count). The quantitative estimate of drug-likeness (QED) is 0.336. The molecule has 8 heavy (non-hydrogen) atoms. The molecule has 3 heteroatoms. The van der Waals surface area contributed by atoms with Crippen molar-refractivity contribution in [1.82, 2.24) is 0 Å². The fourth-order valence-corrected chi connectivity index (χ4v) is 0.999. The Kier molecular flexibility index (Phi) is 1.48. The maximum atomic E-state index is 10.2. The van der Waals surface area contributed by atoms with Gasteiger partial charge in [-0.1, -0.05) is 0 Å². The predicted molar refractivity (Wildman–Crippen MR) is 27.5 cm³/mol. The van der Waals surface area contributed by atoms with Crippen molar-refractivity contribution < 1.29 is 15.2 Å². The van der Waals surface area contributed by atoms with E-state index in [2.05, 4.69) is 0 Å². The van der Waals surface area contributed by atoms with E-state index in [0.29, 0.717) is 0 Å². The largest absolute Gasteiger partial charge is 0.477 e. The van der Waals surface area contributed by atoms with E-state index < -0.39 is 5.97 Å². The molecule has 0 aliphatic carbocycles. The Morgan fingerprint density at radius 3 is 2.75 bits per heavy atom. The van der Waals surface area contributed by atoms with Crippen LogP contribution in [-0.4, -0.2) is 23.7 Å². The fourth-order valence-electron chi connectivity index (χ4n) is 0.999. The molecule has 1 aliphatic rings. The number of nitrogens with two attached hydrogens (primary N) is 1. The van der Waals surface area contributed by atoms with Gasteiger partial charge in [0.1, 0.15) is 0 Å². The average Bonchev–Trinajstić information content (AvgIpc) is 2.12. The molecule has 3 nitrogen and oxygen atoms in total. The first-order valence-electron chi connectivity index (χ1n) is 2.87. The van der Waals surface area contributed by atoms with Crippen molar-refractivity contribution in [3.8, 4) is 0 Å². The van der Waals surface area contributed by atoms with Gasteiger partial charge in [-0.15, -0.1) is 0 Å². The molecule has 46 valence electrons. The molecule has 0 radical (unpaired) electrons. The van der Waals surface area contributed by atoms with E-state index >= 15 is 0 Å². The summed E-state index contributed by atoms with van der Waals surface area (Å²) in [5.74, 6) is -0.664.